The zero-order valence-electron chi connectivity index (χ0n) is 12.9. The van der Waals surface area contributed by atoms with Crippen molar-refractivity contribution >= 4 is 18.2 Å². The monoisotopic (exact) mass is 353 g/mol. The number of methoxy groups -OCH3 is 1. The highest BCUT2D eigenvalue weighted by atomic mass is 32.1. The number of halogens is 1. The van der Waals surface area contributed by atoms with Gasteiger partial charge < -0.3 is 9.84 Å². The van der Waals surface area contributed by atoms with Crippen LogP contribution in [0.15, 0.2) is 24.3 Å². The van der Waals surface area contributed by atoms with E-state index in [2.05, 4.69) is 10.4 Å². The number of aromatic nitrogens is 4. The van der Waals surface area contributed by atoms with Crippen molar-refractivity contribution in [1.29, 1.82) is 0 Å². The van der Waals surface area contributed by atoms with E-state index in [1.165, 1.54) is 28.6 Å². The molecule has 3 rings (SSSR count). The first-order valence-corrected chi connectivity index (χ1v) is 7.69. The molecule has 24 heavy (non-hydrogen) atoms. The van der Waals surface area contributed by atoms with Crippen LogP contribution in [-0.2, 0) is 16.2 Å². The van der Waals surface area contributed by atoms with Crippen LogP contribution < -0.4 is 0 Å². The predicted octanol–water partition coefficient (Wildman–Crippen LogP) is 0.503. The fraction of sp³-hybridized carbons (Fsp3) is 0.429. The number of β-amino-alcohol motifs (C(OH)–C–C–N with tert-alkyl or cyclic N) is 1. The average Bonchev–Trinajstić information content (AvgIpc) is 3.10. The van der Waals surface area contributed by atoms with Crippen LogP contribution in [0.3, 0.4) is 0 Å². The number of esters is 1. The molecule has 0 unspecified atom stereocenters. The van der Waals surface area contributed by atoms with E-state index in [0.717, 1.165) is 0 Å². The molecule has 2 aromatic rings. The Kier molecular flexibility index (Phi) is 4.69. The first kappa shape index (κ1) is 16.7. The summed E-state index contributed by atoms with van der Waals surface area (Å²) in [4.78, 5) is 13.5. The third-order valence-corrected chi connectivity index (χ3v) is 4.25. The number of rotatable bonds is 4. The van der Waals surface area contributed by atoms with E-state index >= 15 is 0 Å². The van der Waals surface area contributed by atoms with Crippen molar-refractivity contribution in [3.05, 3.63) is 34.9 Å². The summed E-state index contributed by atoms with van der Waals surface area (Å²) >= 11 is 5.32. The number of hydrogen-bond donors (Lipinski definition) is 1. The molecule has 128 valence electrons. The Morgan fingerprint density at radius 3 is 3.00 bits per heavy atom. The van der Waals surface area contributed by atoms with Gasteiger partial charge in [-0.3, -0.25) is 9.69 Å². The van der Waals surface area contributed by atoms with Crippen molar-refractivity contribution in [2.24, 2.45) is 0 Å². The molecule has 1 fully saturated rings. The third kappa shape index (κ3) is 3.21. The number of carbonyl (C=O) groups is 1. The minimum absolute atomic E-state index is 0.172. The van der Waals surface area contributed by atoms with Crippen LogP contribution in [0, 0.1) is 10.6 Å². The fourth-order valence-corrected chi connectivity index (χ4v) is 2.96. The highest BCUT2D eigenvalue weighted by molar-refractivity contribution is 7.71. The third-order valence-electron chi connectivity index (χ3n) is 3.86. The summed E-state index contributed by atoms with van der Waals surface area (Å²) in [5.74, 6) is -0.826. The van der Waals surface area contributed by atoms with E-state index in [1.807, 2.05) is 0 Å². The van der Waals surface area contributed by atoms with Gasteiger partial charge in [0.2, 0.25) is 4.77 Å². The summed E-state index contributed by atoms with van der Waals surface area (Å²) in [6.45, 7) is 0.472. The number of benzene rings is 1. The van der Waals surface area contributed by atoms with Crippen LogP contribution in [0.1, 0.15) is 6.42 Å². The zero-order chi connectivity index (χ0) is 17.3. The summed E-state index contributed by atoms with van der Waals surface area (Å²) in [7, 11) is 1.30. The molecule has 1 N–H and O–H groups in total. The molecule has 0 radical (unpaired) electrons. The lowest BCUT2D eigenvalue weighted by atomic mass is 10.2. The Hall–Kier alpha value is -2.17. The Morgan fingerprint density at radius 2 is 2.29 bits per heavy atom. The zero-order valence-corrected chi connectivity index (χ0v) is 13.7. The van der Waals surface area contributed by atoms with Crippen molar-refractivity contribution in [1.82, 2.24) is 24.7 Å². The van der Waals surface area contributed by atoms with Gasteiger partial charge in [-0.2, -0.15) is 4.68 Å². The summed E-state index contributed by atoms with van der Waals surface area (Å²) < 4.78 is 21.1. The van der Waals surface area contributed by atoms with Crippen LogP contribution in [0.4, 0.5) is 4.39 Å². The van der Waals surface area contributed by atoms with Gasteiger partial charge in [-0.1, -0.05) is 6.07 Å². The molecule has 1 aliphatic heterocycles. The van der Waals surface area contributed by atoms with Gasteiger partial charge in [0.05, 0.1) is 25.6 Å². The smallest absolute Gasteiger partial charge is 0.323 e. The van der Waals surface area contributed by atoms with Crippen molar-refractivity contribution in [2.45, 2.75) is 25.2 Å². The topological polar surface area (TPSA) is 85.4 Å². The maximum Gasteiger partial charge on any atom is 0.323 e. The number of carbonyl (C=O) groups excluding carboxylic acids is 1. The molecule has 1 saturated heterocycles. The molecular formula is C14H16FN5O3S. The average molecular weight is 353 g/mol. The number of nitrogens with zero attached hydrogens (tertiary/aromatic N) is 5. The summed E-state index contributed by atoms with van der Waals surface area (Å²) in [5, 5.41) is 17.7. The lowest BCUT2D eigenvalue weighted by molar-refractivity contribution is -0.146. The maximum absolute atomic E-state index is 13.4. The minimum atomic E-state index is -0.624. The number of aliphatic hydroxyl groups excluding tert-OH is 1. The van der Waals surface area contributed by atoms with Gasteiger partial charge in [0.15, 0.2) is 0 Å². The van der Waals surface area contributed by atoms with E-state index in [-0.39, 0.29) is 17.9 Å². The van der Waals surface area contributed by atoms with Gasteiger partial charge in [-0.05, 0) is 40.8 Å². The normalized spacial score (nSPS) is 21.1. The first-order valence-electron chi connectivity index (χ1n) is 7.28. The molecular weight excluding hydrogens is 337 g/mol. The number of hydrogen-bond acceptors (Lipinski definition) is 7. The second kappa shape index (κ2) is 6.75. The lowest BCUT2D eigenvalue weighted by Gasteiger charge is -2.21. The van der Waals surface area contributed by atoms with E-state index in [4.69, 9.17) is 17.0 Å². The maximum atomic E-state index is 13.4. The molecule has 2 atom stereocenters. The number of tetrazole rings is 1. The van der Waals surface area contributed by atoms with E-state index in [9.17, 15) is 14.3 Å². The molecule has 1 aliphatic rings. The standard InChI is InChI=1S/C14H16FN5O3S/c1-23-13(22)12-6-11(21)7-18(12)8-19-14(24)20(17-16-19)10-4-2-3-9(15)5-10/h2-5,11-12,21H,6-8H2,1H3/t11-,12+/m1/s1. The molecule has 1 aromatic heterocycles. The number of ether oxygens (including phenoxy) is 1. The van der Waals surface area contributed by atoms with Gasteiger partial charge >= 0.3 is 5.97 Å². The van der Waals surface area contributed by atoms with Crippen LogP contribution in [0.5, 0.6) is 0 Å². The number of likely N-dealkylation sites (tertiary alicyclic amines) is 1. The Balaban J connectivity index is 1.84. The van der Waals surface area contributed by atoms with Crippen LogP contribution in [0.2, 0.25) is 0 Å². The van der Waals surface area contributed by atoms with E-state index in [1.54, 1.807) is 17.0 Å². The van der Waals surface area contributed by atoms with Crippen LogP contribution >= 0.6 is 12.2 Å². The SMILES string of the molecule is COC(=O)[C@@H]1C[C@@H](O)CN1Cn1nnn(-c2cccc(F)c2)c1=S. The van der Waals surface area contributed by atoms with E-state index < -0.39 is 23.9 Å². The quantitative estimate of drug-likeness (QED) is 0.633. The minimum Gasteiger partial charge on any atom is -0.468 e. The molecule has 1 aromatic carbocycles. The number of aliphatic hydroxyl groups is 1. The second-order valence-corrected chi connectivity index (χ2v) is 5.86. The van der Waals surface area contributed by atoms with E-state index in [0.29, 0.717) is 12.2 Å². The summed E-state index contributed by atoms with van der Waals surface area (Å²) in [5.41, 5.74) is 0.456. The largest absolute Gasteiger partial charge is 0.468 e. The molecule has 0 spiro atoms. The molecule has 2 heterocycles. The van der Waals surface area contributed by atoms with Gasteiger partial charge in [0.25, 0.3) is 0 Å². The molecule has 0 aliphatic carbocycles. The van der Waals surface area contributed by atoms with Crippen molar-refractivity contribution in [3.8, 4) is 5.69 Å². The second-order valence-electron chi connectivity index (χ2n) is 5.49. The predicted molar refractivity (Wildman–Crippen MR) is 83.3 cm³/mol. The van der Waals surface area contributed by atoms with Crippen LogP contribution in [0.25, 0.3) is 5.69 Å². The Morgan fingerprint density at radius 1 is 1.50 bits per heavy atom. The molecule has 10 heteroatoms. The summed E-state index contributed by atoms with van der Waals surface area (Å²) in [6.07, 6.45) is -0.334. The lowest BCUT2D eigenvalue weighted by Crippen LogP contribution is -2.38. The van der Waals surface area contributed by atoms with Crippen molar-refractivity contribution in [3.63, 3.8) is 0 Å². The van der Waals surface area contributed by atoms with Crippen LogP contribution in [-0.4, -0.2) is 61.6 Å². The van der Waals surface area contributed by atoms with Gasteiger partial charge in [-0.25, -0.2) is 9.07 Å². The van der Waals surface area contributed by atoms with Crippen molar-refractivity contribution in [2.75, 3.05) is 13.7 Å². The molecule has 0 saturated carbocycles. The van der Waals surface area contributed by atoms with Gasteiger partial charge in [-0.15, -0.1) is 0 Å². The highest BCUT2D eigenvalue weighted by Crippen LogP contribution is 2.20. The Labute approximate surface area is 142 Å². The molecule has 8 nitrogen and oxygen atoms in total. The molecule has 0 bridgehead atoms. The van der Waals surface area contributed by atoms with Gasteiger partial charge in [0.1, 0.15) is 11.9 Å². The fourth-order valence-electron chi connectivity index (χ4n) is 2.72. The molecule has 0 amide bonds. The Bertz CT molecular complexity index is 808. The highest BCUT2D eigenvalue weighted by Gasteiger charge is 2.37. The first-order chi connectivity index (χ1) is 11.5. The summed E-state index contributed by atoms with van der Waals surface area (Å²) in [6, 6.07) is 5.27. The van der Waals surface area contributed by atoms with Crippen molar-refractivity contribution < 1.29 is 19.0 Å². The van der Waals surface area contributed by atoms with Gasteiger partial charge in [0, 0.05) is 13.0 Å².